The highest BCUT2D eigenvalue weighted by molar-refractivity contribution is 7.88. The molecule has 0 aliphatic carbocycles. The SMILES string of the molecule is CS(N)(=O)=O.c1ccncc1. The minimum atomic E-state index is -3.17. The van der Waals surface area contributed by atoms with Crippen molar-refractivity contribution in [3.63, 3.8) is 0 Å². The molecule has 11 heavy (non-hydrogen) atoms. The van der Waals surface area contributed by atoms with Crippen LogP contribution in [0.4, 0.5) is 0 Å². The van der Waals surface area contributed by atoms with E-state index in [2.05, 4.69) is 10.1 Å². The molecule has 62 valence electrons. The van der Waals surface area contributed by atoms with Crippen LogP contribution in [0.3, 0.4) is 0 Å². The predicted octanol–water partition coefficient (Wildman–Crippen LogP) is -0.0137. The fourth-order valence-electron chi connectivity index (χ4n) is 0.313. The third kappa shape index (κ3) is 17.6. The molecule has 2 N–H and O–H groups in total. The van der Waals surface area contributed by atoms with Crippen molar-refractivity contribution >= 4 is 10.0 Å². The predicted molar refractivity (Wildman–Crippen MR) is 43.3 cm³/mol. The lowest BCUT2D eigenvalue weighted by molar-refractivity contribution is 0.603. The van der Waals surface area contributed by atoms with Crippen LogP contribution in [0.2, 0.25) is 0 Å². The second-order valence-electron chi connectivity index (χ2n) is 1.85. The summed E-state index contributed by atoms with van der Waals surface area (Å²) in [6, 6.07) is 5.72. The Kier molecular flexibility index (Phi) is 4.40. The van der Waals surface area contributed by atoms with Gasteiger partial charge >= 0.3 is 0 Å². The summed E-state index contributed by atoms with van der Waals surface area (Å²) in [5.74, 6) is 0. The number of rotatable bonds is 0. The Balaban J connectivity index is 0.000000187. The van der Waals surface area contributed by atoms with Gasteiger partial charge < -0.3 is 0 Å². The molecule has 0 saturated carbocycles. The minimum Gasteiger partial charge on any atom is -0.265 e. The molecule has 1 aromatic heterocycles. The Morgan fingerprint density at radius 1 is 1.18 bits per heavy atom. The van der Waals surface area contributed by atoms with Crippen LogP contribution in [-0.4, -0.2) is 19.7 Å². The van der Waals surface area contributed by atoms with E-state index in [9.17, 15) is 8.42 Å². The topological polar surface area (TPSA) is 73.1 Å². The van der Waals surface area contributed by atoms with Crippen molar-refractivity contribution < 1.29 is 8.42 Å². The van der Waals surface area contributed by atoms with E-state index in [1.807, 2.05) is 18.2 Å². The first kappa shape index (κ1) is 10.1. The van der Waals surface area contributed by atoms with Crippen LogP contribution in [0.1, 0.15) is 0 Å². The Labute approximate surface area is 66.1 Å². The van der Waals surface area contributed by atoms with Crippen LogP contribution in [0, 0.1) is 0 Å². The van der Waals surface area contributed by atoms with Gasteiger partial charge in [-0.25, -0.2) is 13.6 Å². The molecule has 0 aliphatic heterocycles. The molecule has 0 atom stereocenters. The van der Waals surface area contributed by atoms with E-state index in [1.54, 1.807) is 12.4 Å². The van der Waals surface area contributed by atoms with E-state index in [0.717, 1.165) is 6.26 Å². The highest BCUT2D eigenvalue weighted by Crippen LogP contribution is 1.73. The van der Waals surface area contributed by atoms with Gasteiger partial charge in [-0.15, -0.1) is 0 Å². The third-order valence-corrected chi connectivity index (χ3v) is 0.566. The molecule has 4 nitrogen and oxygen atoms in total. The Hall–Kier alpha value is -0.940. The number of nitrogens with zero attached hydrogens (tertiary/aromatic N) is 1. The number of nitrogens with two attached hydrogens (primary N) is 1. The van der Waals surface area contributed by atoms with Crippen molar-refractivity contribution in [3.8, 4) is 0 Å². The summed E-state index contributed by atoms with van der Waals surface area (Å²) in [6.45, 7) is 0. The van der Waals surface area contributed by atoms with E-state index in [0.29, 0.717) is 0 Å². The number of sulfonamides is 1. The average Bonchev–Trinajstić information content (AvgIpc) is 1.88. The molecule has 0 fully saturated rings. The number of hydrogen-bond acceptors (Lipinski definition) is 3. The molecule has 0 amide bonds. The molecule has 0 unspecified atom stereocenters. The summed E-state index contributed by atoms with van der Waals surface area (Å²) < 4.78 is 18.8. The first-order chi connectivity index (χ1) is 5.00. The Morgan fingerprint density at radius 3 is 1.64 bits per heavy atom. The van der Waals surface area contributed by atoms with E-state index in [-0.39, 0.29) is 0 Å². The van der Waals surface area contributed by atoms with Crippen LogP contribution < -0.4 is 5.14 Å². The molecule has 1 rings (SSSR count). The number of aromatic nitrogens is 1. The van der Waals surface area contributed by atoms with Gasteiger partial charge in [-0.05, 0) is 12.1 Å². The van der Waals surface area contributed by atoms with Gasteiger partial charge in [0.25, 0.3) is 0 Å². The maximum atomic E-state index is 9.41. The Bertz CT molecular complexity index is 235. The standard InChI is InChI=1S/C5H5N.CH5NO2S/c1-2-4-6-5-3-1;1-5(2,3)4/h1-5H;1H3,(H2,2,3,4). The average molecular weight is 174 g/mol. The minimum absolute atomic E-state index is 0.938. The van der Waals surface area contributed by atoms with E-state index in [4.69, 9.17) is 0 Å². The van der Waals surface area contributed by atoms with Gasteiger partial charge in [0, 0.05) is 12.4 Å². The smallest absolute Gasteiger partial charge is 0.206 e. The lowest BCUT2D eigenvalue weighted by Gasteiger charge is -1.71. The number of primary sulfonamides is 1. The van der Waals surface area contributed by atoms with Crippen LogP contribution >= 0.6 is 0 Å². The van der Waals surface area contributed by atoms with Crippen molar-refractivity contribution in [3.05, 3.63) is 30.6 Å². The van der Waals surface area contributed by atoms with Crippen molar-refractivity contribution in [1.82, 2.24) is 4.98 Å². The summed E-state index contributed by atoms with van der Waals surface area (Å²) >= 11 is 0. The van der Waals surface area contributed by atoms with Gasteiger partial charge in [-0.1, -0.05) is 6.07 Å². The zero-order chi connectivity index (χ0) is 8.74. The van der Waals surface area contributed by atoms with Crippen LogP contribution in [0.25, 0.3) is 0 Å². The van der Waals surface area contributed by atoms with E-state index >= 15 is 0 Å². The van der Waals surface area contributed by atoms with Crippen molar-refractivity contribution in [2.45, 2.75) is 0 Å². The van der Waals surface area contributed by atoms with E-state index in [1.165, 1.54) is 0 Å². The van der Waals surface area contributed by atoms with Gasteiger partial charge in [-0.2, -0.15) is 0 Å². The summed E-state index contributed by atoms with van der Waals surface area (Å²) in [7, 11) is -3.17. The van der Waals surface area contributed by atoms with Crippen molar-refractivity contribution in [2.75, 3.05) is 6.26 Å². The quantitative estimate of drug-likeness (QED) is 0.601. The highest BCUT2D eigenvalue weighted by atomic mass is 32.2. The molecule has 1 aromatic rings. The van der Waals surface area contributed by atoms with Crippen LogP contribution in [-0.2, 0) is 10.0 Å². The van der Waals surface area contributed by atoms with E-state index < -0.39 is 10.0 Å². The first-order valence-corrected chi connectivity index (χ1v) is 4.78. The van der Waals surface area contributed by atoms with Gasteiger partial charge in [-0.3, -0.25) is 4.98 Å². The maximum Gasteiger partial charge on any atom is 0.206 e. The largest absolute Gasteiger partial charge is 0.265 e. The molecule has 0 radical (unpaired) electrons. The molecular weight excluding hydrogens is 164 g/mol. The van der Waals surface area contributed by atoms with Crippen molar-refractivity contribution in [1.29, 1.82) is 0 Å². The van der Waals surface area contributed by atoms with Crippen LogP contribution in [0.5, 0.6) is 0 Å². The normalized spacial score (nSPS) is 9.64. The molecular formula is C6H10N2O2S. The fourth-order valence-corrected chi connectivity index (χ4v) is 0.313. The summed E-state index contributed by atoms with van der Waals surface area (Å²) in [4.78, 5) is 3.78. The van der Waals surface area contributed by atoms with Crippen molar-refractivity contribution in [2.24, 2.45) is 5.14 Å². The number of hydrogen-bond donors (Lipinski definition) is 1. The zero-order valence-electron chi connectivity index (χ0n) is 6.14. The second-order valence-corrected chi connectivity index (χ2v) is 3.51. The maximum absolute atomic E-state index is 9.41. The molecule has 0 aliphatic rings. The highest BCUT2D eigenvalue weighted by Gasteiger charge is 1.78. The lowest BCUT2D eigenvalue weighted by Crippen LogP contribution is -2.07. The molecule has 0 aromatic carbocycles. The molecule has 1 heterocycles. The first-order valence-electron chi connectivity index (χ1n) is 2.83. The molecule has 0 saturated heterocycles. The van der Waals surface area contributed by atoms with Gasteiger partial charge in [0.05, 0.1) is 6.26 Å². The van der Waals surface area contributed by atoms with Gasteiger partial charge in [0.15, 0.2) is 0 Å². The Morgan fingerprint density at radius 2 is 1.55 bits per heavy atom. The summed E-state index contributed by atoms with van der Waals surface area (Å²) in [5.41, 5.74) is 0. The summed E-state index contributed by atoms with van der Waals surface area (Å²) in [5, 5.41) is 4.33. The molecule has 0 bridgehead atoms. The van der Waals surface area contributed by atoms with Gasteiger partial charge in [0.2, 0.25) is 10.0 Å². The summed E-state index contributed by atoms with van der Waals surface area (Å²) in [6.07, 6.45) is 4.44. The van der Waals surface area contributed by atoms with Gasteiger partial charge in [0.1, 0.15) is 0 Å². The zero-order valence-corrected chi connectivity index (χ0v) is 6.95. The fraction of sp³-hybridized carbons (Fsp3) is 0.167. The third-order valence-electron chi connectivity index (χ3n) is 0.566. The lowest BCUT2D eigenvalue weighted by atomic mass is 10.5. The molecule has 5 heteroatoms. The monoisotopic (exact) mass is 174 g/mol. The number of pyridine rings is 1. The van der Waals surface area contributed by atoms with Crippen LogP contribution in [0.15, 0.2) is 30.6 Å². The molecule has 0 spiro atoms. The second kappa shape index (κ2) is 4.81.